The van der Waals surface area contributed by atoms with E-state index in [1.54, 1.807) is 0 Å². The summed E-state index contributed by atoms with van der Waals surface area (Å²) < 4.78 is 0. The van der Waals surface area contributed by atoms with Crippen LogP contribution in [0.15, 0.2) is 48.5 Å². The topological polar surface area (TPSA) is 12.0 Å². The van der Waals surface area contributed by atoms with Crippen molar-refractivity contribution in [2.75, 3.05) is 12.4 Å². The highest BCUT2D eigenvalue weighted by Crippen LogP contribution is 2.15. The maximum Gasteiger partial charge on any atom is 0.0340 e. The van der Waals surface area contributed by atoms with Gasteiger partial charge in [-0.15, -0.1) is 0 Å². The van der Waals surface area contributed by atoms with E-state index in [9.17, 15) is 0 Å². The summed E-state index contributed by atoms with van der Waals surface area (Å²) in [6, 6.07) is 17.5. The third kappa shape index (κ3) is 3.10. The SMILES string of the molecule is CCc1ccc(Cc2cccc(NC)c2)cc1. The zero-order valence-electron chi connectivity index (χ0n) is 10.5. The molecule has 0 atom stereocenters. The van der Waals surface area contributed by atoms with Crippen molar-refractivity contribution in [2.45, 2.75) is 19.8 Å². The average molecular weight is 225 g/mol. The Labute approximate surface area is 103 Å². The first kappa shape index (κ1) is 11.7. The first-order valence-electron chi connectivity index (χ1n) is 6.16. The van der Waals surface area contributed by atoms with Crippen LogP contribution in [0.3, 0.4) is 0 Å². The van der Waals surface area contributed by atoms with Crippen LogP contribution >= 0.6 is 0 Å². The van der Waals surface area contributed by atoms with Crippen molar-refractivity contribution in [3.63, 3.8) is 0 Å². The molecule has 0 fully saturated rings. The lowest BCUT2D eigenvalue weighted by molar-refractivity contribution is 1.12. The van der Waals surface area contributed by atoms with E-state index in [0.29, 0.717) is 0 Å². The van der Waals surface area contributed by atoms with Crippen LogP contribution in [-0.4, -0.2) is 7.05 Å². The minimum absolute atomic E-state index is 1.000. The Bertz CT molecular complexity index is 471. The molecule has 0 radical (unpaired) electrons. The van der Waals surface area contributed by atoms with E-state index in [2.05, 4.69) is 60.8 Å². The Morgan fingerprint density at radius 3 is 2.24 bits per heavy atom. The van der Waals surface area contributed by atoms with Crippen molar-refractivity contribution < 1.29 is 0 Å². The van der Waals surface area contributed by atoms with Crippen molar-refractivity contribution >= 4 is 5.69 Å². The van der Waals surface area contributed by atoms with E-state index in [0.717, 1.165) is 12.8 Å². The summed E-state index contributed by atoms with van der Waals surface area (Å²) in [5.74, 6) is 0. The Morgan fingerprint density at radius 2 is 1.59 bits per heavy atom. The second-order valence-corrected chi connectivity index (χ2v) is 4.30. The molecule has 88 valence electrons. The van der Waals surface area contributed by atoms with Gasteiger partial charge in [-0.3, -0.25) is 0 Å². The molecule has 17 heavy (non-hydrogen) atoms. The van der Waals surface area contributed by atoms with Crippen LogP contribution in [0.2, 0.25) is 0 Å². The summed E-state index contributed by atoms with van der Waals surface area (Å²) in [6.45, 7) is 2.19. The number of aryl methyl sites for hydroxylation is 1. The van der Waals surface area contributed by atoms with Gasteiger partial charge in [0.25, 0.3) is 0 Å². The van der Waals surface area contributed by atoms with Crippen molar-refractivity contribution in [1.29, 1.82) is 0 Å². The number of hydrogen-bond acceptors (Lipinski definition) is 1. The smallest absolute Gasteiger partial charge is 0.0340 e. The van der Waals surface area contributed by atoms with Gasteiger partial charge >= 0.3 is 0 Å². The van der Waals surface area contributed by atoms with E-state index >= 15 is 0 Å². The molecule has 1 N–H and O–H groups in total. The molecular weight excluding hydrogens is 206 g/mol. The maximum atomic E-state index is 3.17. The van der Waals surface area contributed by atoms with Crippen molar-refractivity contribution in [3.8, 4) is 0 Å². The van der Waals surface area contributed by atoms with E-state index < -0.39 is 0 Å². The van der Waals surface area contributed by atoms with Gasteiger partial charge in [0.1, 0.15) is 0 Å². The molecule has 0 saturated heterocycles. The molecule has 1 nitrogen and oxygen atoms in total. The lowest BCUT2D eigenvalue weighted by atomic mass is 10.0. The molecule has 2 aromatic carbocycles. The van der Waals surface area contributed by atoms with Crippen LogP contribution in [0.4, 0.5) is 5.69 Å². The number of nitrogens with one attached hydrogen (secondary N) is 1. The van der Waals surface area contributed by atoms with Gasteiger partial charge in [-0.1, -0.05) is 43.3 Å². The van der Waals surface area contributed by atoms with Crippen molar-refractivity contribution in [2.24, 2.45) is 0 Å². The predicted octanol–water partition coefficient (Wildman–Crippen LogP) is 3.88. The number of anilines is 1. The number of benzene rings is 2. The second kappa shape index (κ2) is 5.53. The first-order valence-corrected chi connectivity index (χ1v) is 6.16. The molecule has 0 unspecified atom stereocenters. The summed E-state index contributed by atoms with van der Waals surface area (Å²) in [7, 11) is 1.95. The van der Waals surface area contributed by atoms with E-state index in [1.165, 1.54) is 22.4 Å². The summed E-state index contributed by atoms with van der Waals surface area (Å²) in [5, 5.41) is 3.17. The molecule has 0 aromatic heterocycles. The number of hydrogen-bond donors (Lipinski definition) is 1. The summed E-state index contributed by atoms with van der Waals surface area (Å²) in [6.07, 6.45) is 2.11. The monoisotopic (exact) mass is 225 g/mol. The van der Waals surface area contributed by atoms with Crippen LogP contribution < -0.4 is 5.32 Å². The predicted molar refractivity (Wildman–Crippen MR) is 74.6 cm³/mol. The fourth-order valence-corrected chi connectivity index (χ4v) is 1.97. The fraction of sp³-hybridized carbons (Fsp3) is 0.250. The molecule has 0 aliphatic heterocycles. The average Bonchev–Trinajstić information content (AvgIpc) is 2.40. The van der Waals surface area contributed by atoms with Gasteiger partial charge in [0.05, 0.1) is 0 Å². The first-order chi connectivity index (χ1) is 8.31. The Balaban J connectivity index is 2.13. The van der Waals surface area contributed by atoms with Crippen molar-refractivity contribution in [1.82, 2.24) is 0 Å². The normalized spacial score (nSPS) is 10.2. The quantitative estimate of drug-likeness (QED) is 0.832. The van der Waals surface area contributed by atoms with Gasteiger partial charge in [-0.05, 0) is 41.7 Å². The lowest BCUT2D eigenvalue weighted by Crippen LogP contribution is -1.92. The lowest BCUT2D eigenvalue weighted by Gasteiger charge is -2.06. The molecule has 0 heterocycles. The van der Waals surface area contributed by atoms with Crippen molar-refractivity contribution in [3.05, 3.63) is 65.2 Å². The van der Waals surface area contributed by atoms with Gasteiger partial charge in [0, 0.05) is 12.7 Å². The summed E-state index contributed by atoms with van der Waals surface area (Å²) >= 11 is 0. The summed E-state index contributed by atoms with van der Waals surface area (Å²) in [5.41, 5.74) is 5.29. The van der Waals surface area contributed by atoms with Crippen LogP contribution in [0.25, 0.3) is 0 Å². The molecule has 0 saturated carbocycles. The molecule has 0 aliphatic carbocycles. The standard InChI is InChI=1S/C16H19N/c1-3-13-7-9-14(10-8-13)11-15-5-4-6-16(12-15)17-2/h4-10,12,17H,3,11H2,1-2H3. The molecule has 0 amide bonds. The van der Waals surface area contributed by atoms with Gasteiger partial charge in [0.15, 0.2) is 0 Å². The molecule has 0 aliphatic rings. The molecule has 0 spiro atoms. The zero-order chi connectivity index (χ0) is 12.1. The highest BCUT2D eigenvalue weighted by molar-refractivity contribution is 5.46. The molecule has 2 rings (SSSR count). The van der Waals surface area contributed by atoms with Gasteiger partial charge in [-0.25, -0.2) is 0 Å². The Morgan fingerprint density at radius 1 is 0.882 bits per heavy atom. The highest BCUT2D eigenvalue weighted by Gasteiger charge is 1.98. The van der Waals surface area contributed by atoms with E-state index in [4.69, 9.17) is 0 Å². The molecule has 1 heteroatoms. The maximum absolute atomic E-state index is 3.17. The molecule has 2 aromatic rings. The van der Waals surface area contributed by atoms with Crippen LogP contribution in [0.1, 0.15) is 23.6 Å². The minimum Gasteiger partial charge on any atom is -0.388 e. The van der Waals surface area contributed by atoms with Gasteiger partial charge < -0.3 is 5.32 Å². The minimum atomic E-state index is 1.000. The Hall–Kier alpha value is -1.76. The molecule has 0 bridgehead atoms. The summed E-state index contributed by atoms with van der Waals surface area (Å²) in [4.78, 5) is 0. The second-order valence-electron chi connectivity index (χ2n) is 4.30. The zero-order valence-corrected chi connectivity index (χ0v) is 10.5. The fourth-order valence-electron chi connectivity index (χ4n) is 1.97. The van der Waals surface area contributed by atoms with Gasteiger partial charge in [0.2, 0.25) is 0 Å². The van der Waals surface area contributed by atoms with E-state index in [-0.39, 0.29) is 0 Å². The van der Waals surface area contributed by atoms with Crippen LogP contribution in [0, 0.1) is 0 Å². The van der Waals surface area contributed by atoms with E-state index in [1.807, 2.05) is 7.05 Å². The van der Waals surface area contributed by atoms with Crippen LogP contribution in [-0.2, 0) is 12.8 Å². The van der Waals surface area contributed by atoms with Crippen LogP contribution in [0.5, 0.6) is 0 Å². The largest absolute Gasteiger partial charge is 0.388 e. The highest BCUT2D eigenvalue weighted by atomic mass is 14.8. The third-order valence-corrected chi connectivity index (χ3v) is 3.06. The number of rotatable bonds is 4. The third-order valence-electron chi connectivity index (χ3n) is 3.06. The van der Waals surface area contributed by atoms with Gasteiger partial charge in [-0.2, -0.15) is 0 Å². The molecular formula is C16H19N. The Kier molecular flexibility index (Phi) is 3.81.